The van der Waals surface area contributed by atoms with Gasteiger partial charge in [0.15, 0.2) is 0 Å². The fourth-order valence-corrected chi connectivity index (χ4v) is 4.59. The van der Waals surface area contributed by atoms with Crippen molar-refractivity contribution >= 4 is 28.4 Å². The molecule has 0 aromatic carbocycles. The van der Waals surface area contributed by atoms with E-state index in [0.717, 1.165) is 12.3 Å². The molecule has 3 heteroatoms. The third kappa shape index (κ3) is 7.37. The van der Waals surface area contributed by atoms with Gasteiger partial charge in [0, 0.05) is 0 Å². The van der Waals surface area contributed by atoms with Gasteiger partial charge in [-0.25, -0.2) is 0 Å². The Morgan fingerprint density at radius 2 is 1.27 bits per heavy atom. The minimum atomic E-state index is -1.80. The molecule has 0 unspecified atom stereocenters. The van der Waals surface area contributed by atoms with Gasteiger partial charge in [0.1, 0.15) is 0 Å². The van der Waals surface area contributed by atoms with Gasteiger partial charge < -0.3 is 0 Å². The summed E-state index contributed by atoms with van der Waals surface area (Å²) in [4.78, 5) is 0. The molecule has 0 aromatic heterocycles. The topological polar surface area (TPSA) is 0 Å². The quantitative estimate of drug-likeness (QED) is 0.568. The molecule has 0 N–H and O–H groups in total. The first-order valence-electron chi connectivity index (χ1n) is 4.50. The Morgan fingerprint density at radius 3 is 1.55 bits per heavy atom. The van der Waals surface area contributed by atoms with Crippen LogP contribution in [0.2, 0.25) is 0 Å². The van der Waals surface area contributed by atoms with E-state index in [1.54, 1.807) is 0 Å². The zero-order valence-electron chi connectivity index (χ0n) is 7.50. The van der Waals surface area contributed by atoms with E-state index in [2.05, 4.69) is 13.8 Å². The standard InChI is InChI=1S/C8H19Cl2P/c1-3-5-7-11(9,10)8-6-4-2/h11H,3-8H2,1-2H3. The van der Waals surface area contributed by atoms with Gasteiger partial charge >= 0.3 is 80.3 Å². The molecule has 11 heavy (non-hydrogen) atoms. The average molecular weight is 217 g/mol. The van der Waals surface area contributed by atoms with Crippen LogP contribution in [0.1, 0.15) is 39.5 Å². The summed E-state index contributed by atoms with van der Waals surface area (Å²) in [5.74, 6) is -1.80. The molecular weight excluding hydrogens is 198 g/mol. The van der Waals surface area contributed by atoms with Crippen molar-refractivity contribution in [2.24, 2.45) is 0 Å². The van der Waals surface area contributed by atoms with Crippen LogP contribution in [0.5, 0.6) is 0 Å². The van der Waals surface area contributed by atoms with Crippen LogP contribution in [0.3, 0.4) is 0 Å². The Hall–Kier alpha value is 1.01. The molecule has 0 aliphatic carbocycles. The summed E-state index contributed by atoms with van der Waals surface area (Å²) in [6, 6.07) is 0. The summed E-state index contributed by atoms with van der Waals surface area (Å²) >= 11 is 12.4. The van der Waals surface area contributed by atoms with Gasteiger partial charge in [-0.05, 0) is 0 Å². The molecule has 0 spiro atoms. The van der Waals surface area contributed by atoms with Crippen LogP contribution < -0.4 is 0 Å². The fraction of sp³-hybridized carbons (Fsp3) is 1.00. The summed E-state index contributed by atoms with van der Waals surface area (Å²) < 4.78 is 0. The maximum atomic E-state index is 6.20. The number of halogens is 2. The van der Waals surface area contributed by atoms with Crippen molar-refractivity contribution in [2.45, 2.75) is 39.5 Å². The molecular formula is C8H19Cl2P. The van der Waals surface area contributed by atoms with Crippen molar-refractivity contribution in [1.29, 1.82) is 0 Å². The second-order valence-corrected chi connectivity index (χ2v) is 10.7. The number of hydrogen-bond acceptors (Lipinski definition) is 0. The molecule has 0 aliphatic heterocycles. The van der Waals surface area contributed by atoms with Crippen molar-refractivity contribution < 1.29 is 0 Å². The van der Waals surface area contributed by atoms with E-state index in [9.17, 15) is 0 Å². The molecule has 0 saturated carbocycles. The second kappa shape index (κ2) is 6.52. The molecule has 0 nitrogen and oxygen atoms in total. The molecule has 0 rings (SSSR count). The van der Waals surface area contributed by atoms with Crippen LogP contribution in [0.25, 0.3) is 0 Å². The SMILES string of the molecule is CCCC[PH](Cl)(Cl)CCCC. The van der Waals surface area contributed by atoms with Crippen molar-refractivity contribution in [1.82, 2.24) is 0 Å². The van der Waals surface area contributed by atoms with Crippen molar-refractivity contribution in [3.63, 3.8) is 0 Å². The fourth-order valence-electron chi connectivity index (χ4n) is 0.996. The van der Waals surface area contributed by atoms with Crippen molar-refractivity contribution in [2.75, 3.05) is 12.3 Å². The van der Waals surface area contributed by atoms with E-state index < -0.39 is 5.97 Å². The van der Waals surface area contributed by atoms with E-state index >= 15 is 0 Å². The summed E-state index contributed by atoms with van der Waals surface area (Å²) in [5, 5.41) is 0. The predicted molar refractivity (Wildman–Crippen MR) is 59.6 cm³/mol. The second-order valence-electron chi connectivity index (χ2n) is 3.06. The van der Waals surface area contributed by atoms with E-state index in [-0.39, 0.29) is 0 Å². The van der Waals surface area contributed by atoms with Gasteiger partial charge in [-0.1, -0.05) is 0 Å². The van der Waals surface area contributed by atoms with Crippen LogP contribution >= 0.6 is 28.4 Å². The Balaban J connectivity index is 3.43. The van der Waals surface area contributed by atoms with E-state index in [4.69, 9.17) is 22.5 Å². The molecule has 0 fully saturated rings. The minimum absolute atomic E-state index is 1.08. The normalized spacial score (nSPS) is 13.5. The summed E-state index contributed by atoms with van der Waals surface area (Å²) in [7, 11) is 0. The van der Waals surface area contributed by atoms with Crippen molar-refractivity contribution in [3.8, 4) is 0 Å². The van der Waals surface area contributed by atoms with E-state index in [0.29, 0.717) is 0 Å². The molecule has 0 atom stereocenters. The number of hydrogen-bond donors (Lipinski definition) is 0. The summed E-state index contributed by atoms with van der Waals surface area (Å²) in [6.07, 6.45) is 6.96. The van der Waals surface area contributed by atoms with Crippen LogP contribution in [-0.4, -0.2) is 12.3 Å². The van der Waals surface area contributed by atoms with E-state index in [1.807, 2.05) is 0 Å². The maximum absolute atomic E-state index is 6.20. The van der Waals surface area contributed by atoms with Crippen LogP contribution in [0.15, 0.2) is 0 Å². The Labute approximate surface area is 80.6 Å². The zero-order chi connectivity index (χ0) is 8.74. The molecule has 0 heterocycles. The molecule has 0 aliphatic rings. The first-order valence-corrected chi connectivity index (χ1v) is 8.94. The molecule has 70 valence electrons. The van der Waals surface area contributed by atoms with Gasteiger partial charge in [0.05, 0.1) is 0 Å². The van der Waals surface area contributed by atoms with E-state index in [1.165, 1.54) is 25.7 Å². The van der Waals surface area contributed by atoms with Crippen LogP contribution in [-0.2, 0) is 0 Å². The average Bonchev–Trinajstić information content (AvgIpc) is 1.97. The van der Waals surface area contributed by atoms with Gasteiger partial charge in [0.25, 0.3) is 0 Å². The first kappa shape index (κ1) is 12.0. The number of rotatable bonds is 6. The molecule has 0 saturated heterocycles. The molecule has 0 amide bonds. The molecule has 0 bridgehead atoms. The summed E-state index contributed by atoms with van der Waals surface area (Å²) in [6.45, 7) is 4.36. The first-order chi connectivity index (χ1) is 5.12. The molecule has 0 radical (unpaired) electrons. The van der Waals surface area contributed by atoms with Crippen molar-refractivity contribution in [3.05, 3.63) is 0 Å². The van der Waals surface area contributed by atoms with Gasteiger partial charge in [-0.2, -0.15) is 0 Å². The zero-order valence-corrected chi connectivity index (χ0v) is 10.0. The van der Waals surface area contributed by atoms with Crippen LogP contribution in [0.4, 0.5) is 0 Å². The third-order valence-corrected chi connectivity index (χ3v) is 6.23. The third-order valence-electron chi connectivity index (χ3n) is 1.79. The number of unbranched alkanes of at least 4 members (excludes halogenated alkanes) is 2. The summed E-state index contributed by atoms with van der Waals surface area (Å²) in [5.41, 5.74) is 0. The predicted octanol–water partition coefficient (Wildman–Crippen LogP) is 4.64. The monoisotopic (exact) mass is 216 g/mol. The Kier molecular flexibility index (Phi) is 7.12. The van der Waals surface area contributed by atoms with Gasteiger partial charge in [-0.15, -0.1) is 0 Å². The van der Waals surface area contributed by atoms with Crippen LogP contribution in [0, 0.1) is 0 Å². The van der Waals surface area contributed by atoms with Gasteiger partial charge in [-0.3, -0.25) is 0 Å². The Morgan fingerprint density at radius 1 is 0.909 bits per heavy atom. The molecule has 0 aromatic rings. The van der Waals surface area contributed by atoms with Gasteiger partial charge in [0.2, 0.25) is 0 Å². The Bertz CT molecular complexity index is 84.1.